The second-order valence-corrected chi connectivity index (χ2v) is 12.3. The molecule has 0 bridgehead atoms. The van der Waals surface area contributed by atoms with Crippen molar-refractivity contribution in [3.8, 4) is 39.1 Å². The number of para-hydroxylation sites is 2. The van der Waals surface area contributed by atoms with Crippen LogP contribution in [-0.4, -0.2) is 16.4 Å². The molecule has 7 aromatic carbocycles. The van der Waals surface area contributed by atoms with Gasteiger partial charge in [0.25, 0.3) is 11.8 Å². The molecule has 5 nitrogen and oxygen atoms in total. The Kier molecular flexibility index (Phi) is 6.75. The molecule has 2 heterocycles. The molecule has 1 aromatic heterocycles. The van der Waals surface area contributed by atoms with E-state index in [1.807, 2.05) is 133 Å². The summed E-state index contributed by atoms with van der Waals surface area (Å²) >= 11 is 0. The van der Waals surface area contributed by atoms with Gasteiger partial charge >= 0.3 is 0 Å². The normalized spacial score (nSPS) is 12.4. The molecular weight excluding hydrogens is 615 g/mol. The van der Waals surface area contributed by atoms with Crippen molar-refractivity contribution >= 4 is 45.0 Å². The number of rotatable bonds is 5. The van der Waals surface area contributed by atoms with Gasteiger partial charge in [-0.2, -0.15) is 0 Å². The van der Waals surface area contributed by atoms with Crippen molar-refractivity contribution in [3.63, 3.8) is 0 Å². The molecule has 0 fully saturated rings. The fraction of sp³-hybridized carbons (Fsp3) is 0. The third-order valence-corrected chi connectivity index (χ3v) is 9.57. The predicted octanol–water partition coefficient (Wildman–Crippen LogP) is 11.1. The number of carbonyl (C=O) groups excluding carboxylic acids is 2. The summed E-state index contributed by atoms with van der Waals surface area (Å²) in [5.41, 5.74) is 9.89. The first-order valence-corrected chi connectivity index (χ1v) is 16.4. The van der Waals surface area contributed by atoms with E-state index < -0.39 is 0 Å². The number of hydrogen-bond acceptors (Lipinski definition) is 2. The highest BCUT2D eigenvalue weighted by Gasteiger charge is 2.41. The molecule has 2 amide bonds. The van der Waals surface area contributed by atoms with Gasteiger partial charge < -0.3 is 4.57 Å². The van der Waals surface area contributed by atoms with E-state index in [1.165, 1.54) is 4.90 Å². The van der Waals surface area contributed by atoms with E-state index in [-0.39, 0.29) is 11.8 Å². The van der Waals surface area contributed by atoms with Crippen LogP contribution < -0.4 is 4.90 Å². The summed E-state index contributed by atoms with van der Waals surface area (Å²) in [4.78, 5) is 34.3. The Hall–Kier alpha value is -7.03. The summed E-state index contributed by atoms with van der Waals surface area (Å²) in [6.07, 6.45) is 0. The lowest BCUT2D eigenvalue weighted by molar-refractivity contribution is 0.0926. The quantitative estimate of drug-likeness (QED) is 0.139. The average molecular weight is 642 g/mol. The van der Waals surface area contributed by atoms with Crippen molar-refractivity contribution in [3.05, 3.63) is 186 Å². The van der Waals surface area contributed by atoms with Crippen molar-refractivity contribution in [2.75, 3.05) is 4.90 Å². The van der Waals surface area contributed by atoms with Crippen molar-refractivity contribution < 1.29 is 9.59 Å². The third kappa shape index (κ3) is 4.40. The molecular formula is C45H27N3O2. The van der Waals surface area contributed by atoms with Crippen LogP contribution in [0.4, 0.5) is 11.4 Å². The molecule has 0 radical (unpaired) electrons. The predicted molar refractivity (Wildman–Crippen MR) is 201 cm³/mol. The maximum absolute atomic E-state index is 14.9. The highest BCUT2D eigenvalue weighted by Crippen LogP contribution is 2.45. The highest BCUT2D eigenvalue weighted by atomic mass is 16.2. The molecule has 0 aliphatic carbocycles. The van der Waals surface area contributed by atoms with Gasteiger partial charge in [0.2, 0.25) is 0 Å². The van der Waals surface area contributed by atoms with Crippen LogP contribution in [0, 0.1) is 6.57 Å². The van der Waals surface area contributed by atoms with Crippen molar-refractivity contribution in [2.24, 2.45) is 0 Å². The number of imide groups is 1. The molecule has 0 unspecified atom stereocenters. The largest absolute Gasteiger partial charge is 0.308 e. The SMILES string of the molecule is [C-]#[N+]c1ccc(-c2cccc3c4ccccc4n(-c4cccc5c4C(=O)N(c4cccc(-c6ccccc6)c4-c4ccccc4)C5=O)c23)cc1. The Labute approximate surface area is 288 Å². The topological polar surface area (TPSA) is 46.7 Å². The number of carbonyl (C=O) groups is 2. The van der Waals surface area contributed by atoms with Crippen LogP contribution in [-0.2, 0) is 0 Å². The minimum atomic E-state index is -0.368. The molecule has 5 heteroatoms. The second-order valence-electron chi connectivity index (χ2n) is 12.3. The summed E-state index contributed by atoms with van der Waals surface area (Å²) in [5.74, 6) is -0.724. The minimum absolute atomic E-state index is 0.357. The van der Waals surface area contributed by atoms with Gasteiger partial charge in [0.05, 0.1) is 40.1 Å². The summed E-state index contributed by atoms with van der Waals surface area (Å²) in [5, 5.41) is 2.07. The van der Waals surface area contributed by atoms with Gasteiger partial charge in [0.1, 0.15) is 0 Å². The van der Waals surface area contributed by atoms with Crippen LogP contribution in [0.5, 0.6) is 0 Å². The fourth-order valence-corrected chi connectivity index (χ4v) is 7.38. The molecule has 1 aliphatic rings. The summed E-state index contributed by atoms with van der Waals surface area (Å²) in [7, 11) is 0. The van der Waals surface area contributed by atoms with E-state index in [9.17, 15) is 9.59 Å². The Morgan fingerprint density at radius 1 is 0.440 bits per heavy atom. The molecule has 8 aromatic rings. The number of anilines is 1. The number of fused-ring (bicyclic) bond motifs is 4. The monoisotopic (exact) mass is 641 g/mol. The van der Waals surface area contributed by atoms with E-state index in [1.54, 1.807) is 6.07 Å². The van der Waals surface area contributed by atoms with E-state index in [0.29, 0.717) is 28.2 Å². The molecule has 50 heavy (non-hydrogen) atoms. The van der Waals surface area contributed by atoms with Gasteiger partial charge in [-0.15, -0.1) is 0 Å². The second kappa shape index (κ2) is 11.6. The van der Waals surface area contributed by atoms with Crippen molar-refractivity contribution in [1.82, 2.24) is 4.57 Å². The molecule has 0 atom stereocenters. The van der Waals surface area contributed by atoms with E-state index in [4.69, 9.17) is 6.57 Å². The lowest BCUT2D eigenvalue weighted by Crippen LogP contribution is -2.30. The van der Waals surface area contributed by atoms with Gasteiger partial charge in [0, 0.05) is 21.9 Å². The van der Waals surface area contributed by atoms with Gasteiger partial charge in [-0.05, 0) is 46.5 Å². The zero-order chi connectivity index (χ0) is 33.8. The van der Waals surface area contributed by atoms with E-state index in [0.717, 1.165) is 55.2 Å². The van der Waals surface area contributed by atoms with Crippen LogP contribution in [0.2, 0.25) is 0 Å². The number of amides is 2. The summed E-state index contributed by atoms with van der Waals surface area (Å²) < 4.78 is 2.12. The van der Waals surface area contributed by atoms with E-state index >= 15 is 0 Å². The lowest BCUT2D eigenvalue weighted by atomic mass is 9.92. The Morgan fingerprint density at radius 3 is 1.76 bits per heavy atom. The molecule has 0 spiro atoms. The van der Waals surface area contributed by atoms with Crippen LogP contribution in [0.1, 0.15) is 20.7 Å². The smallest absolute Gasteiger partial charge is 0.268 e. The van der Waals surface area contributed by atoms with Gasteiger partial charge in [-0.25, -0.2) is 9.74 Å². The van der Waals surface area contributed by atoms with Crippen LogP contribution in [0.15, 0.2) is 164 Å². The molecule has 0 saturated carbocycles. The Bertz CT molecular complexity index is 2690. The zero-order valence-electron chi connectivity index (χ0n) is 26.7. The maximum atomic E-state index is 14.9. The fourth-order valence-electron chi connectivity index (χ4n) is 7.38. The minimum Gasteiger partial charge on any atom is -0.308 e. The van der Waals surface area contributed by atoms with Crippen LogP contribution >= 0.6 is 0 Å². The number of aromatic nitrogens is 1. The Balaban J connectivity index is 1.29. The first-order chi connectivity index (χ1) is 24.6. The van der Waals surface area contributed by atoms with Crippen LogP contribution in [0.3, 0.4) is 0 Å². The van der Waals surface area contributed by atoms with Gasteiger partial charge in [0.15, 0.2) is 5.69 Å². The maximum Gasteiger partial charge on any atom is 0.268 e. The molecule has 1 aliphatic heterocycles. The highest BCUT2D eigenvalue weighted by molar-refractivity contribution is 6.37. The summed E-state index contributed by atoms with van der Waals surface area (Å²) in [6, 6.07) is 53.2. The Morgan fingerprint density at radius 2 is 1.02 bits per heavy atom. The lowest BCUT2D eigenvalue weighted by Gasteiger charge is -2.22. The van der Waals surface area contributed by atoms with E-state index in [2.05, 4.69) is 33.7 Å². The average Bonchev–Trinajstić information content (AvgIpc) is 3.66. The molecule has 9 rings (SSSR count). The van der Waals surface area contributed by atoms with Gasteiger partial charge in [-0.3, -0.25) is 9.59 Å². The summed E-state index contributed by atoms with van der Waals surface area (Å²) in [6.45, 7) is 7.43. The molecule has 0 saturated heterocycles. The third-order valence-electron chi connectivity index (χ3n) is 9.57. The zero-order valence-corrected chi connectivity index (χ0v) is 26.7. The number of hydrogen-bond donors (Lipinski definition) is 0. The number of nitrogens with zero attached hydrogens (tertiary/aromatic N) is 3. The van der Waals surface area contributed by atoms with Crippen LogP contribution in [0.25, 0.3) is 65.7 Å². The standard InChI is InChI=1S/C45H27N3O2/c1-46-32-27-25-30(26-28-32)34-19-10-20-36-35-17-8-9-22-38(35)47(43(34)36)40-24-12-21-37-42(40)45(50)48(44(37)49)39-23-11-18-33(29-13-4-2-5-14-29)41(39)31-15-6-3-7-16-31/h2-28H. The van der Waals surface area contributed by atoms with Crippen molar-refractivity contribution in [1.29, 1.82) is 0 Å². The molecule has 0 N–H and O–H groups in total. The van der Waals surface area contributed by atoms with Crippen molar-refractivity contribution in [2.45, 2.75) is 0 Å². The molecule has 234 valence electrons. The number of benzene rings is 7. The van der Waals surface area contributed by atoms with Gasteiger partial charge in [-0.1, -0.05) is 140 Å². The first kappa shape index (κ1) is 29.1. The first-order valence-electron chi connectivity index (χ1n) is 16.4.